The molecule has 1 amide bonds. The van der Waals surface area contributed by atoms with Crippen LogP contribution in [0.15, 0.2) is 5.38 Å². The van der Waals surface area contributed by atoms with Gasteiger partial charge in [0.2, 0.25) is 5.91 Å². The maximum absolute atomic E-state index is 12.0. The van der Waals surface area contributed by atoms with Gasteiger partial charge in [-0.2, -0.15) is 0 Å². The molecule has 0 aliphatic heterocycles. The highest BCUT2D eigenvalue weighted by Crippen LogP contribution is 2.24. The van der Waals surface area contributed by atoms with Crippen molar-refractivity contribution in [2.45, 2.75) is 57.9 Å². The van der Waals surface area contributed by atoms with Crippen molar-refractivity contribution in [3.8, 4) is 0 Å². The SMILES string of the molecule is CC(C)c1nc(CC(=O)NC2CCC(CO)CC2)cs1. The molecule has 1 heterocycles. The van der Waals surface area contributed by atoms with E-state index in [-0.39, 0.29) is 18.6 Å². The summed E-state index contributed by atoms with van der Waals surface area (Å²) in [6, 6.07) is 0.272. The molecule has 0 bridgehead atoms. The van der Waals surface area contributed by atoms with Crippen molar-refractivity contribution in [1.29, 1.82) is 0 Å². The van der Waals surface area contributed by atoms with E-state index in [4.69, 9.17) is 5.11 Å². The minimum atomic E-state index is 0.0676. The number of rotatable bonds is 5. The van der Waals surface area contributed by atoms with E-state index in [2.05, 4.69) is 24.1 Å². The molecule has 1 aromatic rings. The van der Waals surface area contributed by atoms with E-state index in [0.29, 0.717) is 18.3 Å². The molecular weight excluding hydrogens is 272 g/mol. The highest BCUT2D eigenvalue weighted by atomic mass is 32.1. The van der Waals surface area contributed by atoms with Crippen LogP contribution in [0.1, 0.15) is 56.2 Å². The normalized spacial score (nSPS) is 23.0. The molecule has 0 spiro atoms. The number of amides is 1. The van der Waals surface area contributed by atoms with Crippen molar-refractivity contribution in [3.63, 3.8) is 0 Å². The van der Waals surface area contributed by atoms with Gasteiger partial charge in [0.25, 0.3) is 0 Å². The molecule has 1 fully saturated rings. The molecule has 1 saturated carbocycles. The van der Waals surface area contributed by atoms with Crippen LogP contribution in [0.25, 0.3) is 0 Å². The van der Waals surface area contributed by atoms with Crippen LogP contribution in [0, 0.1) is 5.92 Å². The van der Waals surface area contributed by atoms with Crippen molar-refractivity contribution >= 4 is 17.2 Å². The number of hydrogen-bond donors (Lipinski definition) is 2. The number of nitrogens with one attached hydrogen (secondary N) is 1. The lowest BCUT2D eigenvalue weighted by Crippen LogP contribution is -2.38. The second-order valence-electron chi connectivity index (χ2n) is 5.98. The molecule has 112 valence electrons. The molecule has 0 aromatic carbocycles. The molecule has 0 unspecified atom stereocenters. The van der Waals surface area contributed by atoms with Crippen molar-refractivity contribution in [2.75, 3.05) is 6.61 Å². The number of aromatic nitrogens is 1. The fourth-order valence-corrected chi connectivity index (χ4v) is 3.44. The van der Waals surface area contributed by atoms with Crippen LogP contribution in [0.2, 0.25) is 0 Å². The number of carbonyl (C=O) groups excluding carboxylic acids is 1. The summed E-state index contributed by atoms with van der Waals surface area (Å²) in [5.74, 6) is 0.916. The average molecular weight is 296 g/mol. The Kier molecular flexibility index (Phi) is 5.54. The van der Waals surface area contributed by atoms with Crippen LogP contribution in [0.3, 0.4) is 0 Å². The molecular formula is C15H24N2O2S. The highest BCUT2D eigenvalue weighted by Gasteiger charge is 2.22. The molecule has 2 rings (SSSR count). The lowest BCUT2D eigenvalue weighted by Gasteiger charge is -2.27. The van der Waals surface area contributed by atoms with Crippen molar-refractivity contribution in [1.82, 2.24) is 10.3 Å². The van der Waals surface area contributed by atoms with Gasteiger partial charge in [0.1, 0.15) is 0 Å². The summed E-state index contributed by atoms with van der Waals surface area (Å²) < 4.78 is 0. The van der Waals surface area contributed by atoms with E-state index in [0.717, 1.165) is 36.4 Å². The fraction of sp³-hybridized carbons (Fsp3) is 0.733. The van der Waals surface area contributed by atoms with Gasteiger partial charge in [0, 0.05) is 23.9 Å². The second kappa shape index (κ2) is 7.18. The lowest BCUT2D eigenvalue weighted by atomic mass is 9.86. The van der Waals surface area contributed by atoms with E-state index in [1.807, 2.05) is 5.38 Å². The number of hydrogen-bond acceptors (Lipinski definition) is 4. The summed E-state index contributed by atoms with van der Waals surface area (Å²) in [4.78, 5) is 16.5. The first kappa shape index (κ1) is 15.4. The fourth-order valence-electron chi connectivity index (χ4n) is 2.60. The third kappa shape index (κ3) is 4.28. The Morgan fingerprint density at radius 1 is 1.45 bits per heavy atom. The number of carbonyl (C=O) groups is 1. The predicted octanol–water partition coefficient (Wildman–Crippen LogP) is 2.48. The standard InChI is InChI=1S/C15H24N2O2S/c1-10(2)15-17-13(9-20-15)7-14(19)16-12-5-3-11(8-18)4-6-12/h9-12,18H,3-8H2,1-2H3,(H,16,19). The first-order chi connectivity index (χ1) is 9.58. The van der Waals surface area contributed by atoms with E-state index in [1.165, 1.54) is 0 Å². The largest absolute Gasteiger partial charge is 0.396 e. The third-order valence-electron chi connectivity index (χ3n) is 3.88. The summed E-state index contributed by atoms with van der Waals surface area (Å²) >= 11 is 1.63. The lowest BCUT2D eigenvalue weighted by molar-refractivity contribution is -0.121. The molecule has 20 heavy (non-hydrogen) atoms. The summed E-state index contributed by atoms with van der Waals surface area (Å²) in [5, 5.41) is 15.3. The highest BCUT2D eigenvalue weighted by molar-refractivity contribution is 7.09. The number of nitrogens with zero attached hydrogens (tertiary/aromatic N) is 1. The molecule has 1 aliphatic rings. The van der Waals surface area contributed by atoms with Crippen molar-refractivity contribution in [3.05, 3.63) is 16.1 Å². The monoisotopic (exact) mass is 296 g/mol. The van der Waals surface area contributed by atoms with Crippen LogP contribution in [0.5, 0.6) is 0 Å². The van der Waals surface area contributed by atoms with Crippen LogP contribution in [0.4, 0.5) is 0 Å². The van der Waals surface area contributed by atoms with Crippen LogP contribution in [-0.2, 0) is 11.2 Å². The molecule has 1 aliphatic carbocycles. The Labute approximate surface area is 124 Å². The van der Waals surface area contributed by atoms with Gasteiger partial charge in [0.05, 0.1) is 17.1 Å². The number of thiazole rings is 1. The zero-order chi connectivity index (χ0) is 14.5. The van der Waals surface area contributed by atoms with E-state index in [9.17, 15) is 4.79 Å². The van der Waals surface area contributed by atoms with Crippen molar-refractivity contribution < 1.29 is 9.90 Å². The summed E-state index contributed by atoms with van der Waals surface area (Å²) in [7, 11) is 0. The Hall–Kier alpha value is -0.940. The first-order valence-electron chi connectivity index (χ1n) is 7.43. The number of aliphatic hydroxyl groups excluding tert-OH is 1. The van der Waals surface area contributed by atoms with Gasteiger partial charge in [-0.15, -0.1) is 11.3 Å². The summed E-state index contributed by atoms with van der Waals surface area (Å²) in [5.41, 5.74) is 0.875. The van der Waals surface area contributed by atoms with E-state index >= 15 is 0 Å². The molecule has 0 saturated heterocycles. The Bertz CT molecular complexity index is 437. The van der Waals surface area contributed by atoms with Gasteiger partial charge in [-0.1, -0.05) is 13.8 Å². The molecule has 4 nitrogen and oxygen atoms in total. The predicted molar refractivity (Wildman–Crippen MR) is 80.9 cm³/mol. The van der Waals surface area contributed by atoms with Crippen molar-refractivity contribution in [2.24, 2.45) is 5.92 Å². The molecule has 2 N–H and O–H groups in total. The van der Waals surface area contributed by atoms with E-state index < -0.39 is 0 Å². The third-order valence-corrected chi connectivity index (χ3v) is 5.07. The number of aliphatic hydroxyl groups is 1. The first-order valence-corrected chi connectivity index (χ1v) is 8.31. The quantitative estimate of drug-likeness (QED) is 0.877. The van der Waals surface area contributed by atoms with E-state index in [1.54, 1.807) is 11.3 Å². The Morgan fingerprint density at radius 3 is 2.70 bits per heavy atom. The Balaban J connectivity index is 1.77. The summed E-state index contributed by atoms with van der Waals surface area (Å²) in [6.45, 7) is 4.50. The van der Waals surface area contributed by atoms with Gasteiger partial charge < -0.3 is 10.4 Å². The summed E-state index contributed by atoms with van der Waals surface area (Å²) in [6.07, 6.45) is 4.35. The van der Waals surface area contributed by atoms with Crippen LogP contribution >= 0.6 is 11.3 Å². The van der Waals surface area contributed by atoms with Gasteiger partial charge >= 0.3 is 0 Å². The maximum atomic E-state index is 12.0. The minimum Gasteiger partial charge on any atom is -0.396 e. The zero-order valence-electron chi connectivity index (χ0n) is 12.3. The molecule has 0 radical (unpaired) electrons. The van der Waals surface area contributed by atoms with Gasteiger partial charge in [-0.05, 0) is 31.6 Å². The average Bonchev–Trinajstić information content (AvgIpc) is 2.88. The molecule has 0 atom stereocenters. The Morgan fingerprint density at radius 2 is 2.15 bits per heavy atom. The minimum absolute atomic E-state index is 0.0676. The second-order valence-corrected chi connectivity index (χ2v) is 6.87. The van der Waals surface area contributed by atoms with Crippen LogP contribution in [-0.4, -0.2) is 28.6 Å². The van der Waals surface area contributed by atoms with Crippen LogP contribution < -0.4 is 5.32 Å². The smallest absolute Gasteiger partial charge is 0.226 e. The zero-order valence-corrected chi connectivity index (χ0v) is 13.1. The topological polar surface area (TPSA) is 62.2 Å². The molecule has 1 aromatic heterocycles. The van der Waals surface area contributed by atoms with Gasteiger partial charge in [-0.3, -0.25) is 4.79 Å². The van der Waals surface area contributed by atoms with Gasteiger partial charge in [-0.25, -0.2) is 4.98 Å². The maximum Gasteiger partial charge on any atom is 0.226 e. The van der Waals surface area contributed by atoms with Gasteiger partial charge in [0.15, 0.2) is 0 Å². The molecule has 5 heteroatoms.